The van der Waals surface area contributed by atoms with Crippen LogP contribution in [0.1, 0.15) is 20.3 Å². The molecule has 2 N–H and O–H groups in total. The van der Waals surface area contributed by atoms with Gasteiger partial charge in [0.2, 0.25) is 5.91 Å². The minimum absolute atomic E-state index is 0.0702. The quantitative estimate of drug-likeness (QED) is 0.707. The molecule has 0 aliphatic heterocycles. The molecule has 0 spiro atoms. The first-order chi connectivity index (χ1) is 7.80. The molecule has 0 heterocycles. The molecule has 17 heavy (non-hydrogen) atoms. The summed E-state index contributed by atoms with van der Waals surface area (Å²) in [6.45, 7) is 1.49. The number of amides is 1. The molecule has 0 aliphatic rings. The lowest BCUT2D eigenvalue weighted by atomic mass is 10.2. The van der Waals surface area contributed by atoms with Crippen LogP contribution in [0.3, 0.4) is 0 Å². The van der Waals surface area contributed by atoms with Crippen LogP contribution in [-0.2, 0) is 4.79 Å². The Balaban J connectivity index is 4.24. The number of nitrogens with one attached hydrogen (secondary N) is 1. The Bertz CT molecular complexity index is 234. The molecule has 0 aromatic rings. The van der Waals surface area contributed by atoms with E-state index >= 15 is 0 Å². The summed E-state index contributed by atoms with van der Waals surface area (Å²) in [7, 11) is 0. The third-order valence-corrected chi connectivity index (χ3v) is 2.31. The lowest BCUT2D eigenvalue weighted by Crippen LogP contribution is -2.45. The van der Waals surface area contributed by atoms with Crippen molar-refractivity contribution in [3.05, 3.63) is 0 Å². The van der Waals surface area contributed by atoms with Crippen molar-refractivity contribution < 1.29 is 23.1 Å². The predicted octanol–water partition coefficient (Wildman–Crippen LogP) is 0.758. The summed E-state index contributed by atoms with van der Waals surface area (Å²) >= 11 is 0. The van der Waals surface area contributed by atoms with Crippen LogP contribution in [-0.4, -0.2) is 54.4 Å². The van der Waals surface area contributed by atoms with Gasteiger partial charge in [-0.15, -0.1) is 0 Å². The molecule has 102 valence electrons. The Morgan fingerprint density at radius 2 is 2.06 bits per heavy atom. The molecule has 7 heteroatoms. The van der Waals surface area contributed by atoms with Crippen molar-refractivity contribution in [2.75, 3.05) is 26.2 Å². The van der Waals surface area contributed by atoms with Gasteiger partial charge in [0.25, 0.3) is 0 Å². The van der Waals surface area contributed by atoms with Crippen LogP contribution in [0.2, 0.25) is 0 Å². The number of nitrogens with zero attached hydrogens (tertiary/aromatic N) is 1. The molecule has 0 rings (SSSR count). The van der Waals surface area contributed by atoms with Crippen LogP contribution in [0.4, 0.5) is 13.2 Å². The van der Waals surface area contributed by atoms with E-state index in [0.717, 1.165) is 6.42 Å². The largest absolute Gasteiger partial charge is 0.406 e. The van der Waals surface area contributed by atoms with Crippen molar-refractivity contribution in [3.63, 3.8) is 0 Å². The fraction of sp³-hybridized carbons (Fsp3) is 0.900. The molecule has 0 bridgehead atoms. The monoisotopic (exact) mass is 256 g/mol. The lowest BCUT2D eigenvalue weighted by Gasteiger charge is -2.24. The van der Waals surface area contributed by atoms with Crippen molar-refractivity contribution in [3.8, 4) is 0 Å². The van der Waals surface area contributed by atoms with Gasteiger partial charge in [0.05, 0.1) is 13.2 Å². The first kappa shape index (κ1) is 16.2. The second-order valence-electron chi connectivity index (χ2n) is 3.84. The van der Waals surface area contributed by atoms with E-state index < -0.39 is 25.2 Å². The number of hydrogen-bond acceptors (Lipinski definition) is 3. The molecular weight excluding hydrogens is 237 g/mol. The highest BCUT2D eigenvalue weighted by Gasteiger charge is 2.32. The summed E-state index contributed by atoms with van der Waals surface area (Å²) in [4.78, 5) is 12.1. The number of aliphatic hydroxyl groups is 1. The van der Waals surface area contributed by atoms with E-state index in [9.17, 15) is 18.0 Å². The minimum atomic E-state index is -4.44. The summed E-state index contributed by atoms with van der Waals surface area (Å²) in [6, 6.07) is 0.0702. The normalized spacial score (nSPS) is 13.5. The molecule has 1 atom stereocenters. The fourth-order valence-corrected chi connectivity index (χ4v) is 1.15. The molecule has 4 nitrogen and oxygen atoms in total. The lowest BCUT2D eigenvalue weighted by molar-refractivity contribution is -0.161. The third-order valence-electron chi connectivity index (χ3n) is 2.31. The molecule has 0 aromatic heterocycles. The molecule has 0 fully saturated rings. The van der Waals surface area contributed by atoms with Gasteiger partial charge in [0.15, 0.2) is 0 Å². The van der Waals surface area contributed by atoms with E-state index in [-0.39, 0.29) is 19.1 Å². The molecule has 0 aromatic carbocycles. The number of hydrogen-bond donors (Lipinski definition) is 2. The van der Waals surface area contributed by atoms with Crippen LogP contribution in [0.5, 0.6) is 0 Å². The Morgan fingerprint density at radius 3 is 2.47 bits per heavy atom. The zero-order chi connectivity index (χ0) is 13.5. The second kappa shape index (κ2) is 7.50. The SMILES string of the molecule is CCC(C)NCC(=O)N(CCO)CC(F)(F)F. The van der Waals surface area contributed by atoms with Crippen LogP contribution in [0.25, 0.3) is 0 Å². The van der Waals surface area contributed by atoms with Gasteiger partial charge in [-0.25, -0.2) is 0 Å². The van der Waals surface area contributed by atoms with E-state index in [2.05, 4.69) is 5.32 Å². The van der Waals surface area contributed by atoms with Crippen LogP contribution < -0.4 is 5.32 Å². The van der Waals surface area contributed by atoms with Gasteiger partial charge >= 0.3 is 6.18 Å². The van der Waals surface area contributed by atoms with Crippen molar-refractivity contribution >= 4 is 5.91 Å². The van der Waals surface area contributed by atoms with Gasteiger partial charge in [0, 0.05) is 12.6 Å². The number of alkyl halides is 3. The van der Waals surface area contributed by atoms with E-state index in [1.54, 1.807) is 0 Å². The second-order valence-corrected chi connectivity index (χ2v) is 3.84. The Labute approximate surface area is 98.8 Å². The van der Waals surface area contributed by atoms with Crippen molar-refractivity contribution in [2.24, 2.45) is 0 Å². The minimum Gasteiger partial charge on any atom is -0.395 e. The van der Waals surface area contributed by atoms with Crippen LogP contribution in [0, 0.1) is 0 Å². The average Bonchev–Trinajstić information content (AvgIpc) is 2.23. The Kier molecular flexibility index (Phi) is 7.13. The predicted molar refractivity (Wildman–Crippen MR) is 57.5 cm³/mol. The highest BCUT2D eigenvalue weighted by molar-refractivity contribution is 5.78. The van der Waals surface area contributed by atoms with Gasteiger partial charge in [0.1, 0.15) is 6.54 Å². The van der Waals surface area contributed by atoms with Crippen molar-refractivity contribution in [1.29, 1.82) is 0 Å². The Hall–Kier alpha value is -0.820. The first-order valence-electron chi connectivity index (χ1n) is 5.49. The molecular formula is C10H19F3N2O2. The maximum absolute atomic E-state index is 12.2. The fourth-order valence-electron chi connectivity index (χ4n) is 1.15. The smallest absolute Gasteiger partial charge is 0.395 e. The number of carbonyl (C=O) groups is 1. The summed E-state index contributed by atoms with van der Waals surface area (Å²) in [5.74, 6) is -0.656. The molecule has 0 saturated heterocycles. The van der Waals surface area contributed by atoms with Crippen molar-refractivity contribution in [1.82, 2.24) is 10.2 Å². The summed E-state index contributed by atoms with van der Waals surface area (Å²) in [6.07, 6.45) is -3.66. The van der Waals surface area contributed by atoms with Gasteiger partial charge in [-0.2, -0.15) is 13.2 Å². The number of rotatable bonds is 7. The molecule has 0 radical (unpaired) electrons. The van der Waals surface area contributed by atoms with Crippen molar-refractivity contribution in [2.45, 2.75) is 32.5 Å². The summed E-state index contributed by atoms with van der Waals surface area (Å²) in [5.41, 5.74) is 0. The molecule has 1 unspecified atom stereocenters. The molecule has 1 amide bonds. The highest BCUT2D eigenvalue weighted by Crippen LogP contribution is 2.16. The van der Waals surface area contributed by atoms with E-state index in [1.165, 1.54) is 0 Å². The maximum atomic E-state index is 12.2. The third kappa shape index (κ3) is 7.98. The molecule has 0 saturated carbocycles. The first-order valence-corrected chi connectivity index (χ1v) is 5.49. The Morgan fingerprint density at radius 1 is 1.47 bits per heavy atom. The van der Waals surface area contributed by atoms with E-state index in [0.29, 0.717) is 4.90 Å². The zero-order valence-corrected chi connectivity index (χ0v) is 10.0. The van der Waals surface area contributed by atoms with Crippen LogP contribution in [0.15, 0.2) is 0 Å². The molecule has 0 aliphatic carbocycles. The zero-order valence-electron chi connectivity index (χ0n) is 10.0. The number of carbonyl (C=O) groups excluding carboxylic acids is 1. The maximum Gasteiger partial charge on any atom is 0.406 e. The summed E-state index contributed by atoms with van der Waals surface area (Å²) in [5, 5.41) is 11.4. The average molecular weight is 256 g/mol. The van der Waals surface area contributed by atoms with E-state index in [4.69, 9.17) is 5.11 Å². The van der Waals surface area contributed by atoms with Gasteiger partial charge in [-0.1, -0.05) is 6.92 Å². The number of aliphatic hydroxyl groups excluding tert-OH is 1. The number of halogens is 3. The highest BCUT2D eigenvalue weighted by atomic mass is 19.4. The van der Waals surface area contributed by atoms with Gasteiger partial charge in [-0.05, 0) is 13.3 Å². The van der Waals surface area contributed by atoms with Gasteiger partial charge in [-0.3, -0.25) is 4.79 Å². The van der Waals surface area contributed by atoms with Crippen LogP contribution >= 0.6 is 0 Å². The summed E-state index contributed by atoms with van der Waals surface area (Å²) < 4.78 is 36.5. The topological polar surface area (TPSA) is 52.6 Å². The van der Waals surface area contributed by atoms with Gasteiger partial charge < -0.3 is 15.3 Å². The standard InChI is InChI=1S/C10H19F3N2O2/c1-3-8(2)14-6-9(17)15(4-5-16)7-10(11,12)13/h8,14,16H,3-7H2,1-2H3. The van der Waals surface area contributed by atoms with E-state index in [1.807, 2.05) is 13.8 Å².